The van der Waals surface area contributed by atoms with Crippen LogP contribution in [0.5, 0.6) is 0 Å². The van der Waals surface area contributed by atoms with Crippen molar-refractivity contribution in [2.45, 2.75) is 26.7 Å². The first-order valence-corrected chi connectivity index (χ1v) is 10.2. The van der Waals surface area contributed by atoms with Crippen LogP contribution in [-0.2, 0) is 4.79 Å². The van der Waals surface area contributed by atoms with Crippen molar-refractivity contribution >= 4 is 17.3 Å². The third-order valence-electron chi connectivity index (χ3n) is 5.31. The first-order valence-electron chi connectivity index (χ1n) is 10.2. The van der Waals surface area contributed by atoms with Crippen molar-refractivity contribution in [3.8, 4) is 0 Å². The number of anilines is 1. The summed E-state index contributed by atoms with van der Waals surface area (Å²) in [5.41, 5.74) is 9.50. The highest BCUT2D eigenvalue weighted by atomic mass is 19.1. The van der Waals surface area contributed by atoms with Gasteiger partial charge in [0.05, 0.1) is 6.54 Å². The van der Waals surface area contributed by atoms with Crippen molar-refractivity contribution in [3.05, 3.63) is 65.1 Å². The number of unbranched alkanes of at least 4 members (excludes halogenated alkanes) is 1. The molecule has 0 unspecified atom stereocenters. The van der Waals surface area contributed by atoms with Gasteiger partial charge in [-0.25, -0.2) is 9.37 Å². The molecule has 0 spiro atoms. The minimum absolute atomic E-state index is 0.00618. The molecule has 154 valence electrons. The van der Waals surface area contributed by atoms with Crippen molar-refractivity contribution in [2.24, 2.45) is 5.73 Å². The molecule has 29 heavy (non-hydrogen) atoms. The maximum Gasteiger partial charge on any atom is 0.236 e. The van der Waals surface area contributed by atoms with Crippen molar-refractivity contribution in [3.63, 3.8) is 0 Å². The second-order valence-corrected chi connectivity index (χ2v) is 7.34. The molecule has 6 heteroatoms. The predicted octanol–water partition coefficient (Wildman–Crippen LogP) is 3.37. The third-order valence-corrected chi connectivity index (χ3v) is 5.31. The summed E-state index contributed by atoms with van der Waals surface area (Å²) in [6.45, 7) is 6.94. The Kier molecular flexibility index (Phi) is 6.99. The van der Waals surface area contributed by atoms with Gasteiger partial charge in [-0.3, -0.25) is 4.79 Å². The first kappa shape index (κ1) is 21.0. The van der Waals surface area contributed by atoms with Gasteiger partial charge in [-0.05, 0) is 54.3 Å². The minimum Gasteiger partial charge on any atom is -0.353 e. The highest BCUT2D eigenvalue weighted by Gasteiger charge is 2.21. The van der Waals surface area contributed by atoms with Gasteiger partial charge in [0, 0.05) is 37.9 Å². The van der Waals surface area contributed by atoms with Gasteiger partial charge in [-0.2, -0.15) is 0 Å². The largest absolute Gasteiger partial charge is 0.353 e. The van der Waals surface area contributed by atoms with E-state index in [-0.39, 0.29) is 18.3 Å². The van der Waals surface area contributed by atoms with E-state index >= 15 is 0 Å². The third kappa shape index (κ3) is 5.01. The molecule has 2 aromatic rings. The number of hydrogen-bond donors (Lipinski definition) is 1. The fourth-order valence-corrected chi connectivity index (χ4v) is 3.65. The van der Waals surface area contributed by atoms with Gasteiger partial charge in [0.15, 0.2) is 0 Å². The predicted molar refractivity (Wildman–Crippen MR) is 115 cm³/mol. The molecule has 0 radical (unpaired) electrons. The van der Waals surface area contributed by atoms with Gasteiger partial charge in [0.1, 0.15) is 11.6 Å². The number of hydrogen-bond acceptors (Lipinski definition) is 4. The number of aryl methyl sites for hydroxylation is 1. The molecule has 1 fully saturated rings. The molecule has 0 bridgehead atoms. The molecular weight excluding hydrogens is 367 g/mol. The SMILES string of the molecule is CCCC=C(c1ccc(N2CCN(C(=O)CN)CC2)nc1)c1ccc(F)cc1C. The molecule has 2 heterocycles. The molecule has 0 atom stereocenters. The lowest BCUT2D eigenvalue weighted by Crippen LogP contribution is -2.50. The topological polar surface area (TPSA) is 62.5 Å². The van der Waals surface area contributed by atoms with Crippen molar-refractivity contribution in [1.29, 1.82) is 0 Å². The van der Waals surface area contributed by atoms with Crippen LogP contribution in [0, 0.1) is 12.7 Å². The number of amides is 1. The summed E-state index contributed by atoms with van der Waals surface area (Å²) >= 11 is 0. The lowest BCUT2D eigenvalue weighted by Gasteiger charge is -2.35. The number of carbonyl (C=O) groups is 1. The summed E-state index contributed by atoms with van der Waals surface area (Å²) < 4.78 is 13.6. The number of carbonyl (C=O) groups excluding carboxylic acids is 1. The Morgan fingerprint density at radius 2 is 1.97 bits per heavy atom. The van der Waals surface area contributed by atoms with Gasteiger partial charge in [0.2, 0.25) is 5.91 Å². The molecule has 1 amide bonds. The second-order valence-electron chi connectivity index (χ2n) is 7.34. The van der Waals surface area contributed by atoms with E-state index in [2.05, 4.69) is 29.0 Å². The van der Waals surface area contributed by atoms with Gasteiger partial charge in [-0.1, -0.05) is 25.5 Å². The summed E-state index contributed by atoms with van der Waals surface area (Å²) in [5, 5.41) is 0. The highest BCUT2D eigenvalue weighted by Crippen LogP contribution is 2.28. The summed E-state index contributed by atoms with van der Waals surface area (Å²) in [6.07, 6.45) is 6.08. The fraction of sp³-hybridized carbons (Fsp3) is 0.391. The van der Waals surface area contributed by atoms with E-state index in [9.17, 15) is 9.18 Å². The highest BCUT2D eigenvalue weighted by molar-refractivity contribution is 5.81. The molecule has 3 rings (SSSR count). The van der Waals surface area contributed by atoms with Gasteiger partial charge in [-0.15, -0.1) is 0 Å². The van der Waals surface area contributed by atoms with Gasteiger partial charge in [0.25, 0.3) is 0 Å². The molecule has 1 aliphatic rings. The standard InChI is InChI=1S/C23H29FN4O/c1-3-4-5-21(20-8-7-19(24)14-17(20)2)18-6-9-22(26-16-18)27-10-12-28(13-11-27)23(29)15-25/h5-9,14,16H,3-4,10-13,15,25H2,1-2H3. The maximum atomic E-state index is 13.6. The fourth-order valence-electron chi connectivity index (χ4n) is 3.65. The average Bonchev–Trinajstić information content (AvgIpc) is 2.75. The molecule has 2 N–H and O–H groups in total. The molecule has 0 saturated carbocycles. The Hall–Kier alpha value is -2.73. The molecule has 1 aromatic heterocycles. The smallest absolute Gasteiger partial charge is 0.236 e. The molecule has 1 aromatic carbocycles. The lowest BCUT2D eigenvalue weighted by molar-refractivity contribution is -0.129. The van der Waals surface area contributed by atoms with E-state index in [1.807, 2.05) is 25.3 Å². The minimum atomic E-state index is -0.221. The second kappa shape index (κ2) is 9.65. The number of nitrogens with zero attached hydrogens (tertiary/aromatic N) is 3. The van der Waals surface area contributed by atoms with E-state index in [0.29, 0.717) is 13.1 Å². The van der Waals surface area contributed by atoms with Crippen LogP contribution in [-0.4, -0.2) is 48.5 Å². The average molecular weight is 397 g/mol. The maximum absolute atomic E-state index is 13.6. The van der Waals surface area contributed by atoms with Crippen molar-refractivity contribution in [1.82, 2.24) is 9.88 Å². The van der Waals surface area contributed by atoms with Crippen LogP contribution in [0.4, 0.5) is 10.2 Å². The lowest BCUT2D eigenvalue weighted by atomic mass is 9.94. The van der Waals surface area contributed by atoms with Crippen molar-refractivity contribution in [2.75, 3.05) is 37.6 Å². The van der Waals surface area contributed by atoms with Crippen LogP contribution in [0.3, 0.4) is 0 Å². The van der Waals surface area contributed by atoms with E-state index in [1.54, 1.807) is 11.0 Å². The summed E-state index contributed by atoms with van der Waals surface area (Å²) in [7, 11) is 0. The summed E-state index contributed by atoms with van der Waals surface area (Å²) in [5.74, 6) is 0.675. The number of halogens is 1. The molecule has 1 saturated heterocycles. The van der Waals surface area contributed by atoms with Crippen LogP contribution in [0.2, 0.25) is 0 Å². The number of allylic oxidation sites excluding steroid dienone is 1. The van der Waals surface area contributed by atoms with Gasteiger partial charge < -0.3 is 15.5 Å². The molecule has 5 nitrogen and oxygen atoms in total. The van der Waals surface area contributed by atoms with Crippen LogP contribution in [0.25, 0.3) is 5.57 Å². The number of benzene rings is 1. The number of rotatable bonds is 6. The van der Waals surface area contributed by atoms with Crippen LogP contribution in [0.15, 0.2) is 42.6 Å². The Labute approximate surface area is 172 Å². The molecule has 0 aliphatic carbocycles. The van der Waals surface area contributed by atoms with E-state index in [0.717, 1.165) is 54.0 Å². The zero-order valence-electron chi connectivity index (χ0n) is 17.2. The number of pyridine rings is 1. The Morgan fingerprint density at radius 3 is 2.55 bits per heavy atom. The Balaban J connectivity index is 1.79. The van der Waals surface area contributed by atoms with Crippen LogP contribution in [0.1, 0.15) is 36.5 Å². The molecular formula is C23H29FN4O. The van der Waals surface area contributed by atoms with Crippen LogP contribution >= 0.6 is 0 Å². The van der Waals surface area contributed by atoms with E-state index in [4.69, 9.17) is 5.73 Å². The first-order chi connectivity index (χ1) is 14.0. The number of piperazine rings is 1. The van der Waals surface area contributed by atoms with Crippen molar-refractivity contribution < 1.29 is 9.18 Å². The number of aromatic nitrogens is 1. The zero-order valence-corrected chi connectivity index (χ0v) is 17.2. The monoisotopic (exact) mass is 396 g/mol. The quantitative estimate of drug-likeness (QED) is 0.813. The molecule has 1 aliphatic heterocycles. The summed E-state index contributed by atoms with van der Waals surface area (Å²) in [6, 6.07) is 9.01. The normalized spacial score (nSPS) is 15.0. The van der Waals surface area contributed by atoms with Gasteiger partial charge >= 0.3 is 0 Å². The Bertz CT molecular complexity index is 871. The Morgan fingerprint density at radius 1 is 1.21 bits per heavy atom. The summed E-state index contributed by atoms with van der Waals surface area (Å²) in [4.78, 5) is 20.4. The number of nitrogens with two attached hydrogens (primary N) is 1. The van der Waals surface area contributed by atoms with Crippen LogP contribution < -0.4 is 10.6 Å². The van der Waals surface area contributed by atoms with E-state index in [1.165, 1.54) is 6.07 Å². The van der Waals surface area contributed by atoms with E-state index < -0.39 is 0 Å². The zero-order chi connectivity index (χ0) is 20.8.